The lowest BCUT2D eigenvalue weighted by atomic mass is 9.99. The monoisotopic (exact) mass is 384 g/mol. The van der Waals surface area contributed by atoms with E-state index >= 15 is 0 Å². The third kappa shape index (κ3) is 1.91. The van der Waals surface area contributed by atoms with Gasteiger partial charge >= 0.3 is 5.97 Å². The Balaban J connectivity index is 1.67. The second kappa shape index (κ2) is 4.62. The molecule has 2 saturated carbocycles. The fourth-order valence-electron chi connectivity index (χ4n) is 4.52. The van der Waals surface area contributed by atoms with Crippen molar-refractivity contribution in [3.63, 3.8) is 0 Å². The van der Waals surface area contributed by atoms with Crippen molar-refractivity contribution in [3.8, 4) is 0 Å². The van der Waals surface area contributed by atoms with Gasteiger partial charge in [0.1, 0.15) is 23.1 Å². The number of carboxylic acids is 1. The highest BCUT2D eigenvalue weighted by atomic mass is 35.5. The Morgan fingerprint density at radius 1 is 1.36 bits per heavy atom. The summed E-state index contributed by atoms with van der Waals surface area (Å²) in [5.74, 6) is -1.82. The number of hydrogen-bond donors (Lipinski definition) is 1. The second-order valence-electron chi connectivity index (χ2n) is 7.27. The van der Waals surface area contributed by atoms with Crippen molar-refractivity contribution in [1.82, 2.24) is 19.5 Å². The van der Waals surface area contributed by atoms with Gasteiger partial charge in [-0.25, -0.2) is 9.97 Å². The van der Waals surface area contributed by atoms with Crippen LogP contribution in [-0.2, 0) is 14.3 Å². The Morgan fingerprint density at radius 3 is 2.84 bits per heavy atom. The Bertz CT molecular complexity index is 932. The molecule has 3 aliphatic rings. The van der Waals surface area contributed by atoms with Crippen molar-refractivity contribution < 1.29 is 19.4 Å². The van der Waals surface area contributed by atoms with Crippen LogP contribution in [-0.4, -0.2) is 48.6 Å². The molecule has 1 saturated heterocycles. The molecule has 3 fully saturated rings. The van der Waals surface area contributed by atoms with Crippen molar-refractivity contribution in [2.45, 2.75) is 44.3 Å². The lowest BCUT2D eigenvalue weighted by Gasteiger charge is -2.24. The summed E-state index contributed by atoms with van der Waals surface area (Å²) >= 11 is 12.0. The Kier molecular flexibility index (Phi) is 2.91. The largest absolute Gasteiger partial charge is 0.481 e. The molecular weight excluding hydrogens is 371 g/mol. The Labute approximate surface area is 152 Å². The number of imidazole rings is 1. The number of fused-ring (bicyclic) bond motifs is 4. The van der Waals surface area contributed by atoms with Crippen LogP contribution in [0.1, 0.15) is 26.3 Å². The molecule has 3 heterocycles. The number of aromatic nitrogens is 4. The number of aliphatic carboxylic acids is 1. The highest BCUT2D eigenvalue weighted by molar-refractivity contribution is 6.35. The summed E-state index contributed by atoms with van der Waals surface area (Å²) in [7, 11) is 0. The molecular formula is C15H14Cl2N4O4. The molecule has 10 heteroatoms. The molecule has 0 aromatic carbocycles. The molecule has 1 aliphatic heterocycles. The van der Waals surface area contributed by atoms with E-state index in [4.69, 9.17) is 32.7 Å². The van der Waals surface area contributed by atoms with E-state index < -0.39 is 29.4 Å². The maximum atomic E-state index is 12.0. The summed E-state index contributed by atoms with van der Waals surface area (Å²) in [4.78, 5) is 24.4. The third-order valence-electron chi connectivity index (χ3n) is 5.52. The van der Waals surface area contributed by atoms with E-state index in [-0.39, 0.29) is 22.4 Å². The van der Waals surface area contributed by atoms with Gasteiger partial charge in [-0.15, -0.1) is 0 Å². The van der Waals surface area contributed by atoms with Crippen molar-refractivity contribution in [1.29, 1.82) is 0 Å². The van der Waals surface area contributed by atoms with Crippen molar-refractivity contribution in [2.75, 3.05) is 0 Å². The normalized spacial score (nSPS) is 37.9. The smallest absolute Gasteiger partial charge is 0.312 e. The molecule has 0 radical (unpaired) electrons. The minimum atomic E-state index is -0.930. The number of hydrogen-bond acceptors (Lipinski definition) is 6. The first-order chi connectivity index (χ1) is 11.7. The van der Waals surface area contributed by atoms with Crippen LogP contribution >= 0.6 is 23.2 Å². The summed E-state index contributed by atoms with van der Waals surface area (Å²) in [5.41, 5.74) is -0.0373. The number of rotatable bonds is 2. The van der Waals surface area contributed by atoms with Crippen molar-refractivity contribution in [3.05, 3.63) is 16.8 Å². The zero-order valence-corrected chi connectivity index (χ0v) is 14.8. The fraction of sp³-hybridized carbons (Fsp3) is 0.600. The number of halogens is 2. The molecule has 132 valence electrons. The predicted molar refractivity (Wildman–Crippen MR) is 86.4 cm³/mol. The minimum Gasteiger partial charge on any atom is -0.481 e. The van der Waals surface area contributed by atoms with Gasteiger partial charge in [0.2, 0.25) is 5.28 Å². The van der Waals surface area contributed by atoms with Crippen LogP contribution < -0.4 is 0 Å². The molecule has 1 unspecified atom stereocenters. The van der Waals surface area contributed by atoms with E-state index in [9.17, 15) is 9.90 Å². The SMILES string of the molecule is CC1(C)O[C@H]2[C@H](n3cnc4c(Cl)nc(Cl)nc43)[C@H]3CC3(C(=O)O)[C@H]2O1. The molecule has 5 atom stereocenters. The van der Waals surface area contributed by atoms with Gasteiger partial charge < -0.3 is 19.1 Å². The standard InChI is InChI=1S/C15H14Cl2N4O4/c1-14(2)24-8-7(5-3-15(5,12(22)23)9(8)25-14)21-4-18-6-10(16)19-13(17)20-11(6)21/h4-5,7-9H,3H2,1-2H3,(H,22,23)/t5-,7-,8+,9+,15?/m1/s1. The lowest BCUT2D eigenvalue weighted by Crippen LogP contribution is -2.35. The first kappa shape index (κ1) is 15.7. The van der Waals surface area contributed by atoms with Gasteiger partial charge in [0.15, 0.2) is 16.6 Å². The average Bonchev–Trinajstić information content (AvgIpc) is 2.83. The van der Waals surface area contributed by atoms with Crippen LogP contribution in [0.2, 0.25) is 10.4 Å². The first-order valence-electron chi connectivity index (χ1n) is 7.89. The Hall–Kier alpha value is -1.48. The molecule has 0 bridgehead atoms. The quantitative estimate of drug-likeness (QED) is 0.626. The maximum Gasteiger partial charge on any atom is 0.312 e. The van der Waals surface area contributed by atoms with E-state index in [1.807, 2.05) is 0 Å². The van der Waals surface area contributed by atoms with Crippen LogP contribution in [0.4, 0.5) is 0 Å². The van der Waals surface area contributed by atoms with Crippen LogP contribution in [0, 0.1) is 11.3 Å². The van der Waals surface area contributed by atoms with E-state index in [2.05, 4.69) is 15.0 Å². The molecule has 2 aromatic rings. The van der Waals surface area contributed by atoms with Gasteiger partial charge in [0, 0.05) is 5.92 Å². The molecule has 2 aromatic heterocycles. The number of ether oxygens (including phenoxy) is 2. The van der Waals surface area contributed by atoms with E-state index in [0.717, 1.165) is 0 Å². The topological polar surface area (TPSA) is 99.4 Å². The van der Waals surface area contributed by atoms with E-state index in [1.165, 1.54) is 0 Å². The van der Waals surface area contributed by atoms with E-state index in [0.29, 0.717) is 17.6 Å². The number of nitrogens with zero attached hydrogens (tertiary/aromatic N) is 4. The van der Waals surface area contributed by atoms with Gasteiger partial charge in [-0.3, -0.25) is 4.79 Å². The van der Waals surface area contributed by atoms with Gasteiger partial charge in [-0.1, -0.05) is 11.6 Å². The molecule has 8 nitrogen and oxygen atoms in total. The highest BCUT2D eigenvalue weighted by Gasteiger charge is 2.80. The van der Waals surface area contributed by atoms with Gasteiger partial charge in [-0.05, 0) is 31.9 Å². The van der Waals surface area contributed by atoms with Gasteiger partial charge in [0.05, 0.1) is 12.4 Å². The number of carboxylic acid groups (broad SMARTS) is 1. The van der Waals surface area contributed by atoms with E-state index in [1.54, 1.807) is 24.7 Å². The van der Waals surface area contributed by atoms with Crippen LogP contribution in [0.15, 0.2) is 6.33 Å². The zero-order chi connectivity index (χ0) is 17.7. The highest BCUT2D eigenvalue weighted by Crippen LogP contribution is 2.71. The predicted octanol–water partition coefficient (Wildman–Crippen LogP) is 2.30. The van der Waals surface area contributed by atoms with Gasteiger partial charge in [0.25, 0.3) is 0 Å². The zero-order valence-electron chi connectivity index (χ0n) is 13.3. The minimum absolute atomic E-state index is 0.0120. The first-order valence-corrected chi connectivity index (χ1v) is 8.65. The Morgan fingerprint density at radius 2 is 2.12 bits per heavy atom. The molecule has 1 N–H and O–H groups in total. The van der Waals surface area contributed by atoms with Crippen LogP contribution in [0.5, 0.6) is 0 Å². The average molecular weight is 385 g/mol. The maximum absolute atomic E-state index is 12.0. The third-order valence-corrected chi connectivity index (χ3v) is 5.95. The molecule has 5 rings (SSSR count). The summed E-state index contributed by atoms with van der Waals surface area (Å²) in [6, 6.07) is -0.269. The summed E-state index contributed by atoms with van der Waals surface area (Å²) in [6.45, 7) is 3.58. The second-order valence-corrected chi connectivity index (χ2v) is 7.97. The fourth-order valence-corrected chi connectivity index (χ4v) is 4.94. The summed E-state index contributed by atoms with van der Waals surface area (Å²) in [5, 5.41) is 9.99. The van der Waals surface area contributed by atoms with Gasteiger partial charge in [-0.2, -0.15) is 4.98 Å². The summed E-state index contributed by atoms with van der Waals surface area (Å²) in [6.07, 6.45) is 1.20. The molecule has 2 aliphatic carbocycles. The summed E-state index contributed by atoms with van der Waals surface area (Å²) < 4.78 is 13.8. The number of carbonyl (C=O) groups is 1. The van der Waals surface area contributed by atoms with Crippen LogP contribution in [0.3, 0.4) is 0 Å². The van der Waals surface area contributed by atoms with Crippen molar-refractivity contribution in [2.24, 2.45) is 11.3 Å². The molecule has 0 spiro atoms. The molecule has 25 heavy (non-hydrogen) atoms. The molecule has 0 amide bonds. The van der Waals surface area contributed by atoms with Crippen molar-refractivity contribution >= 4 is 40.3 Å². The van der Waals surface area contributed by atoms with Crippen LogP contribution in [0.25, 0.3) is 11.2 Å². The lowest BCUT2D eigenvalue weighted by molar-refractivity contribution is -0.170.